The summed E-state index contributed by atoms with van der Waals surface area (Å²) in [6.45, 7) is 7.20. The first kappa shape index (κ1) is 16.8. The highest BCUT2D eigenvalue weighted by Crippen LogP contribution is 2.20. The minimum Gasteiger partial charge on any atom is -0.415 e. The zero-order valence-electron chi connectivity index (χ0n) is 10.9. The van der Waals surface area contributed by atoms with Crippen LogP contribution < -0.4 is 0 Å². The van der Waals surface area contributed by atoms with Gasteiger partial charge in [0.2, 0.25) is 8.32 Å². The van der Waals surface area contributed by atoms with Gasteiger partial charge in [0.05, 0.1) is 0 Å². The molecule has 0 saturated heterocycles. The number of hydrogen-bond donors (Lipinski definition) is 0. The molecule has 0 aliphatic carbocycles. The van der Waals surface area contributed by atoms with E-state index in [1.54, 1.807) is 0 Å². The van der Waals surface area contributed by atoms with Gasteiger partial charge in [0.1, 0.15) is 4.46 Å². The Hall–Kier alpha value is 0.757. The van der Waals surface area contributed by atoms with Crippen LogP contribution in [0.2, 0.25) is 13.1 Å². The summed E-state index contributed by atoms with van der Waals surface area (Å²) in [6.07, 6.45) is 9.17. The molecule has 0 heterocycles. The van der Waals surface area contributed by atoms with Crippen LogP contribution in [0.3, 0.4) is 0 Å². The Balaban J connectivity index is 3.27. The van der Waals surface area contributed by atoms with Crippen molar-refractivity contribution in [3.05, 3.63) is 0 Å². The maximum atomic E-state index is 5.87. The molecule has 0 amide bonds. The van der Waals surface area contributed by atoms with Gasteiger partial charge in [0.15, 0.2) is 0 Å². The largest absolute Gasteiger partial charge is 0.415 e. The quantitative estimate of drug-likeness (QED) is 0.300. The third-order valence-corrected chi connectivity index (χ3v) is 7.90. The van der Waals surface area contributed by atoms with Gasteiger partial charge in [-0.2, -0.15) is 0 Å². The van der Waals surface area contributed by atoms with E-state index in [2.05, 4.69) is 20.0 Å². The van der Waals surface area contributed by atoms with Crippen molar-refractivity contribution < 1.29 is 4.43 Å². The van der Waals surface area contributed by atoms with Gasteiger partial charge in [0, 0.05) is 6.61 Å². The normalized spacial score (nSPS) is 12.4. The number of alkyl halides is 2. The summed E-state index contributed by atoms with van der Waals surface area (Å²) in [4.78, 5) is 0. The molecule has 0 saturated carbocycles. The molecule has 0 spiro atoms. The molecule has 16 heavy (non-hydrogen) atoms. The monoisotopic (exact) mass is 284 g/mol. The SMILES string of the molecule is CCCCCCCCCO[Si](C)(C)C(Cl)Cl. The number of hydrogen-bond acceptors (Lipinski definition) is 1. The fraction of sp³-hybridized carbons (Fsp3) is 1.00. The lowest BCUT2D eigenvalue weighted by molar-refractivity contribution is 0.296. The van der Waals surface area contributed by atoms with E-state index >= 15 is 0 Å². The number of halogens is 2. The Morgan fingerprint density at radius 2 is 1.44 bits per heavy atom. The molecule has 1 nitrogen and oxygen atoms in total. The van der Waals surface area contributed by atoms with Crippen LogP contribution in [0.4, 0.5) is 0 Å². The number of unbranched alkanes of at least 4 members (excludes halogenated alkanes) is 6. The maximum Gasteiger partial charge on any atom is 0.220 e. The summed E-state index contributed by atoms with van der Waals surface area (Å²) in [5.41, 5.74) is 0. The molecule has 0 aliphatic rings. The van der Waals surface area contributed by atoms with E-state index in [9.17, 15) is 0 Å². The topological polar surface area (TPSA) is 9.23 Å². The van der Waals surface area contributed by atoms with Crippen LogP contribution in [0.5, 0.6) is 0 Å². The second kappa shape index (κ2) is 9.75. The molecule has 0 aliphatic heterocycles. The molecule has 0 aromatic heterocycles. The second-order valence-corrected chi connectivity index (χ2v) is 10.8. The van der Waals surface area contributed by atoms with Gasteiger partial charge in [-0.3, -0.25) is 0 Å². The van der Waals surface area contributed by atoms with E-state index < -0.39 is 8.32 Å². The van der Waals surface area contributed by atoms with Crippen LogP contribution in [0, 0.1) is 0 Å². The fourth-order valence-corrected chi connectivity index (χ4v) is 2.63. The van der Waals surface area contributed by atoms with Crippen LogP contribution in [0.1, 0.15) is 51.9 Å². The standard InChI is InChI=1S/C12H26Cl2OSi/c1-4-5-6-7-8-9-10-11-15-16(2,3)12(13)14/h12H,4-11H2,1-3H3. The highest BCUT2D eigenvalue weighted by molar-refractivity contribution is 6.87. The van der Waals surface area contributed by atoms with Gasteiger partial charge in [-0.05, 0) is 19.5 Å². The van der Waals surface area contributed by atoms with Gasteiger partial charge < -0.3 is 4.43 Å². The lowest BCUT2D eigenvalue weighted by Crippen LogP contribution is -2.38. The third kappa shape index (κ3) is 8.86. The van der Waals surface area contributed by atoms with Gasteiger partial charge in [0.25, 0.3) is 0 Å². The summed E-state index contributed by atoms with van der Waals surface area (Å²) < 4.78 is 5.47. The predicted octanol–water partition coefficient (Wildman–Crippen LogP) is 5.30. The molecule has 0 N–H and O–H groups in total. The lowest BCUT2D eigenvalue weighted by atomic mass is 10.1. The van der Waals surface area contributed by atoms with Crippen LogP contribution in [-0.2, 0) is 4.43 Å². The predicted molar refractivity (Wildman–Crippen MR) is 76.9 cm³/mol. The molecule has 4 heteroatoms. The van der Waals surface area contributed by atoms with Gasteiger partial charge in [-0.1, -0.05) is 45.4 Å². The van der Waals surface area contributed by atoms with Gasteiger partial charge in [-0.25, -0.2) is 0 Å². The second-order valence-electron chi connectivity index (χ2n) is 4.87. The minimum absolute atomic E-state index is 0.322. The molecule has 0 fully saturated rings. The van der Waals surface area contributed by atoms with Crippen molar-refractivity contribution in [3.63, 3.8) is 0 Å². The summed E-state index contributed by atoms with van der Waals surface area (Å²) >= 11 is 11.7. The van der Waals surface area contributed by atoms with E-state index in [1.807, 2.05) is 0 Å². The molecule has 0 bridgehead atoms. The molecule has 0 aromatic rings. The van der Waals surface area contributed by atoms with E-state index in [-0.39, 0.29) is 4.46 Å². The molecule has 0 aromatic carbocycles. The highest BCUT2D eigenvalue weighted by Gasteiger charge is 2.30. The van der Waals surface area contributed by atoms with Crippen LogP contribution in [0.25, 0.3) is 0 Å². The molecule has 0 unspecified atom stereocenters. The Morgan fingerprint density at radius 1 is 0.938 bits per heavy atom. The zero-order chi connectivity index (χ0) is 12.4. The summed E-state index contributed by atoms with van der Waals surface area (Å²) in [6, 6.07) is 0. The van der Waals surface area contributed by atoms with Crippen molar-refractivity contribution in [3.8, 4) is 0 Å². The Kier molecular flexibility index (Phi) is 10.2. The van der Waals surface area contributed by atoms with Crippen LogP contribution in [0.15, 0.2) is 0 Å². The van der Waals surface area contributed by atoms with Crippen molar-refractivity contribution >= 4 is 31.5 Å². The maximum absolute atomic E-state index is 5.87. The highest BCUT2D eigenvalue weighted by atomic mass is 35.5. The molecular formula is C12H26Cl2OSi. The first-order chi connectivity index (χ1) is 7.50. The van der Waals surface area contributed by atoms with Crippen molar-refractivity contribution in [1.29, 1.82) is 0 Å². The average molecular weight is 285 g/mol. The molecule has 0 atom stereocenters. The van der Waals surface area contributed by atoms with Crippen molar-refractivity contribution in [1.82, 2.24) is 0 Å². The van der Waals surface area contributed by atoms with E-state index in [4.69, 9.17) is 27.6 Å². The average Bonchev–Trinajstić information content (AvgIpc) is 2.21. The summed E-state index contributed by atoms with van der Waals surface area (Å²) in [5.74, 6) is 0. The smallest absolute Gasteiger partial charge is 0.220 e. The lowest BCUT2D eigenvalue weighted by Gasteiger charge is -2.23. The molecule has 98 valence electrons. The van der Waals surface area contributed by atoms with Crippen LogP contribution >= 0.6 is 23.2 Å². The third-order valence-electron chi connectivity index (χ3n) is 2.75. The van der Waals surface area contributed by atoms with E-state index in [0.717, 1.165) is 13.0 Å². The Morgan fingerprint density at radius 3 is 1.94 bits per heavy atom. The van der Waals surface area contributed by atoms with Crippen molar-refractivity contribution in [2.75, 3.05) is 6.61 Å². The minimum atomic E-state index is -1.83. The first-order valence-corrected chi connectivity index (χ1v) is 10.3. The number of rotatable bonds is 10. The van der Waals surface area contributed by atoms with Gasteiger partial charge >= 0.3 is 0 Å². The van der Waals surface area contributed by atoms with Gasteiger partial charge in [-0.15, -0.1) is 23.2 Å². The van der Waals surface area contributed by atoms with Crippen molar-refractivity contribution in [2.45, 2.75) is 69.4 Å². The molecular weight excluding hydrogens is 259 g/mol. The zero-order valence-corrected chi connectivity index (χ0v) is 13.4. The molecule has 0 rings (SSSR count). The Labute approximate surface area is 112 Å². The summed E-state index contributed by atoms with van der Waals surface area (Å²) in [7, 11) is -1.83. The first-order valence-electron chi connectivity index (χ1n) is 6.43. The fourth-order valence-electron chi connectivity index (χ4n) is 1.46. The molecule has 0 radical (unpaired) electrons. The van der Waals surface area contributed by atoms with Crippen molar-refractivity contribution in [2.24, 2.45) is 0 Å². The Bertz CT molecular complexity index is 163. The van der Waals surface area contributed by atoms with E-state index in [0.29, 0.717) is 0 Å². The summed E-state index contributed by atoms with van der Waals surface area (Å²) in [5, 5.41) is 0. The van der Waals surface area contributed by atoms with Crippen LogP contribution in [-0.4, -0.2) is 19.4 Å². The van der Waals surface area contributed by atoms with E-state index in [1.165, 1.54) is 38.5 Å².